The molecule has 104 valence electrons. The minimum absolute atomic E-state index is 0.0991. The van der Waals surface area contributed by atoms with E-state index in [1.807, 2.05) is 0 Å². The second-order valence-corrected chi connectivity index (χ2v) is 4.70. The van der Waals surface area contributed by atoms with Crippen LogP contribution in [-0.4, -0.2) is 41.6 Å². The van der Waals surface area contributed by atoms with Gasteiger partial charge in [-0.1, -0.05) is 11.6 Å². The number of carbonyl (C=O) groups is 2. The van der Waals surface area contributed by atoms with E-state index in [2.05, 4.69) is 4.74 Å². The highest BCUT2D eigenvalue weighted by Gasteiger charge is 2.24. The van der Waals surface area contributed by atoms with E-state index in [4.69, 9.17) is 11.6 Å². The van der Waals surface area contributed by atoms with Crippen molar-refractivity contribution < 1.29 is 19.4 Å². The molecule has 6 heteroatoms. The molecule has 1 aromatic rings. The van der Waals surface area contributed by atoms with Crippen LogP contribution < -0.4 is 0 Å². The van der Waals surface area contributed by atoms with Crippen molar-refractivity contribution in [2.45, 2.75) is 19.9 Å². The molecule has 0 aliphatic carbocycles. The Labute approximate surface area is 116 Å². The summed E-state index contributed by atoms with van der Waals surface area (Å²) in [5.74, 6) is -1.18. The molecule has 0 radical (unpaired) electrons. The second-order valence-electron chi connectivity index (χ2n) is 4.26. The van der Waals surface area contributed by atoms with E-state index in [0.717, 1.165) is 0 Å². The quantitative estimate of drug-likeness (QED) is 0.860. The first-order valence-corrected chi connectivity index (χ1v) is 6.11. The summed E-state index contributed by atoms with van der Waals surface area (Å²) in [5.41, 5.74) is 0.0991. The zero-order chi connectivity index (χ0) is 14.6. The Hall–Kier alpha value is -1.75. The lowest BCUT2D eigenvalue weighted by Gasteiger charge is -2.25. The molecule has 1 aromatic carbocycles. The zero-order valence-corrected chi connectivity index (χ0v) is 11.8. The Balaban J connectivity index is 3.02. The number of ether oxygens (including phenoxy) is 1. The number of phenolic OH excluding ortho intramolecular Hbond substituents is 1. The highest BCUT2D eigenvalue weighted by atomic mass is 35.5. The maximum atomic E-state index is 12.3. The van der Waals surface area contributed by atoms with Crippen molar-refractivity contribution in [3.8, 4) is 5.75 Å². The molecule has 0 bridgehead atoms. The molecule has 1 rings (SSSR count). The number of nitrogens with zero attached hydrogens (tertiary/aromatic N) is 1. The highest BCUT2D eigenvalue weighted by Crippen LogP contribution is 2.23. The van der Waals surface area contributed by atoms with Gasteiger partial charge in [-0.3, -0.25) is 9.59 Å². The smallest absolute Gasteiger partial charge is 0.325 e. The number of benzene rings is 1. The molecule has 0 atom stereocenters. The van der Waals surface area contributed by atoms with Gasteiger partial charge in [-0.15, -0.1) is 0 Å². The Kier molecular flexibility index (Phi) is 5.18. The number of hydrogen-bond donors (Lipinski definition) is 1. The molecule has 1 amide bonds. The Morgan fingerprint density at radius 1 is 1.42 bits per heavy atom. The van der Waals surface area contributed by atoms with E-state index in [0.29, 0.717) is 5.02 Å². The Morgan fingerprint density at radius 3 is 2.53 bits per heavy atom. The number of amides is 1. The van der Waals surface area contributed by atoms with Gasteiger partial charge in [0.25, 0.3) is 5.91 Å². The summed E-state index contributed by atoms with van der Waals surface area (Å²) < 4.78 is 4.55. The number of halogens is 1. The normalized spacial score (nSPS) is 10.4. The predicted molar refractivity (Wildman–Crippen MR) is 71.3 cm³/mol. The average Bonchev–Trinajstić information content (AvgIpc) is 2.34. The van der Waals surface area contributed by atoms with Crippen LogP contribution >= 0.6 is 11.6 Å². The molecule has 0 unspecified atom stereocenters. The molecule has 1 N–H and O–H groups in total. The van der Waals surface area contributed by atoms with Crippen molar-refractivity contribution in [1.82, 2.24) is 4.90 Å². The third-order valence-electron chi connectivity index (χ3n) is 2.60. The first-order chi connectivity index (χ1) is 8.86. The summed E-state index contributed by atoms with van der Waals surface area (Å²) >= 11 is 5.71. The number of rotatable bonds is 4. The molecule has 0 aliphatic rings. The lowest BCUT2D eigenvalue weighted by atomic mass is 10.1. The fourth-order valence-corrected chi connectivity index (χ4v) is 1.70. The van der Waals surface area contributed by atoms with Gasteiger partial charge in [0, 0.05) is 11.1 Å². The van der Waals surface area contributed by atoms with E-state index < -0.39 is 11.9 Å². The van der Waals surface area contributed by atoms with Gasteiger partial charge in [-0.05, 0) is 32.0 Å². The lowest BCUT2D eigenvalue weighted by molar-refractivity contribution is -0.141. The third kappa shape index (κ3) is 3.86. The van der Waals surface area contributed by atoms with E-state index >= 15 is 0 Å². The summed E-state index contributed by atoms with van der Waals surface area (Å²) in [4.78, 5) is 24.9. The molecular formula is C13H16ClNO4. The van der Waals surface area contributed by atoms with Gasteiger partial charge in [-0.2, -0.15) is 0 Å². The van der Waals surface area contributed by atoms with Crippen LogP contribution in [0.15, 0.2) is 18.2 Å². The van der Waals surface area contributed by atoms with Crippen LogP contribution in [0.4, 0.5) is 0 Å². The number of carbonyl (C=O) groups excluding carboxylic acids is 2. The Bertz CT molecular complexity index is 488. The summed E-state index contributed by atoms with van der Waals surface area (Å²) in [6.07, 6.45) is 0. The molecule has 0 fully saturated rings. The molecule has 0 saturated carbocycles. The molecule has 0 spiro atoms. The predicted octanol–water partition coefficient (Wildman–Crippen LogP) is 2.07. The SMILES string of the molecule is COC(=O)CN(C(=O)c1ccc(Cl)cc1O)C(C)C. The molecular weight excluding hydrogens is 270 g/mol. The van der Waals surface area contributed by atoms with Crippen molar-refractivity contribution in [2.75, 3.05) is 13.7 Å². The van der Waals surface area contributed by atoms with Crippen LogP contribution in [0.25, 0.3) is 0 Å². The summed E-state index contributed by atoms with van der Waals surface area (Å²) in [6, 6.07) is 4.00. The van der Waals surface area contributed by atoms with Crippen LogP contribution in [0.5, 0.6) is 5.75 Å². The van der Waals surface area contributed by atoms with Gasteiger partial charge in [0.05, 0.1) is 12.7 Å². The van der Waals surface area contributed by atoms with E-state index in [1.165, 1.54) is 30.2 Å². The molecule has 0 aromatic heterocycles. The fraction of sp³-hybridized carbons (Fsp3) is 0.385. The highest BCUT2D eigenvalue weighted by molar-refractivity contribution is 6.30. The van der Waals surface area contributed by atoms with Crippen molar-refractivity contribution >= 4 is 23.5 Å². The van der Waals surface area contributed by atoms with Gasteiger partial charge >= 0.3 is 5.97 Å². The lowest BCUT2D eigenvalue weighted by Crippen LogP contribution is -2.41. The van der Waals surface area contributed by atoms with Gasteiger partial charge in [0.1, 0.15) is 12.3 Å². The van der Waals surface area contributed by atoms with Crippen molar-refractivity contribution in [1.29, 1.82) is 0 Å². The summed E-state index contributed by atoms with van der Waals surface area (Å²) in [7, 11) is 1.26. The number of esters is 1. The molecule has 19 heavy (non-hydrogen) atoms. The maximum Gasteiger partial charge on any atom is 0.325 e. The van der Waals surface area contributed by atoms with E-state index in [1.54, 1.807) is 13.8 Å². The van der Waals surface area contributed by atoms with Crippen molar-refractivity contribution in [2.24, 2.45) is 0 Å². The summed E-state index contributed by atoms with van der Waals surface area (Å²) in [5, 5.41) is 10.1. The number of phenols is 1. The molecule has 0 saturated heterocycles. The van der Waals surface area contributed by atoms with Crippen LogP contribution in [0.1, 0.15) is 24.2 Å². The molecule has 5 nitrogen and oxygen atoms in total. The minimum atomic E-state index is -0.518. The van der Waals surface area contributed by atoms with Gasteiger partial charge in [0.2, 0.25) is 0 Å². The maximum absolute atomic E-state index is 12.3. The van der Waals surface area contributed by atoms with Crippen LogP contribution in [0.3, 0.4) is 0 Å². The van der Waals surface area contributed by atoms with Crippen molar-refractivity contribution in [3.05, 3.63) is 28.8 Å². The minimum Gasteiger partial charge on any atom is -0.507 e. The number of methoxy groups -OCH3 is 1. The topological polar surface area (TPSA) is 66.8 Å². The second kappa shape index (κ2) is 6.43. The van der Waals surface area contributed by atoms with E-state index in [9.17, 15) is 14.7 Å². The van der Waals surface area contributed by atoms with Gasteiger partial charge in [0.15, 0.2) is 0 Å². The van der Waals surface area contributed by atoms with Crippen molar-refractivity contribution in [3.63, 3.8) is 0 Å². The molecule has 0 heterocycles. The summed E-state index contributed by atoms with van der Waals surface area (Å²) in [6.45, 7) is 3.37. The first kappa shape index (κ1) is 15.3. The number of aromatic hydroxyl groups is 1. The van der Waals surface area contributed by atoms with Crippen LogP contribution in [-0.2, 0) is 9.53 Å². The van der Waals surface area contributed by atoms with Crippen LogP contribution in [0, 0.1) is 0 Å². The van der Waals surface area contributed by atoms with Gasteiger partial charge < -0.3 is 14.7 Å². The van der Waals surface area contributed by atoms with E-state index in [-0.39, 0.29) is 23.9 Å². The average molecular weight is 286 g/mol. The monoisotopic (exact) mass is 285 g/mol. The third-order valence-corrected chi connectivity index (χ3v) is 2.84. The standard InChI is InChI=1S/C13H16ClNO4/c1-8(2)15(7-12(17)19-3)13(18)10-5-4-9(14)6-11(10)16/h4-6,8,16H,7H2,1-3H3. The largest absolute Gasteiger partial charge is 0.507 e. The molecule has 0 aliphatic heterocycles. The first-order valence-electron chi connectivity index (χ1n) is 5.73. The zero-order valence-electron chi connectivity index (χ0n) is 11.0. The number of hydrogen-bond acceptors (Lipinski definition) is 4. The fourth-order valence-electron chi connectivity index (χ4n) is 1.53. The van der Waals surface area contributed by atoms with Crippen LogP contribution in [0.2, 0.25) is 5.02 Å². The van der Waals surface area contributed by atoms with Gasteiger partial charge in [-0.25, -0.2) is 0 Å². The Morgan fingerprint density at radius 2 is 2.05 bits per heavy atom.